The highest BCUT2D eigenvalue weighted by Gasteiger charge is 2.24. The van der Waals surface area contributed by atoms with Gasteiger partial charge in [-0.2, -0.15) is 5.26 Å². The van der Waals surface area contributed by atoms with Gasteiger partial charge in [-0.25, -0.2) is 0 Å². The molecule has 1 aromatic heterocycles. The number of fused-ring (bicyclic) bond motifs is 1. The van der Waals surface area contributed by atoms with Gasteiger partial charge in [0.05, 0.1) is 12.6 Å². The van der Waals surface area contributed by atoms with Gasteiger partial charge in [-0.3, -0.25) is 0 Å². The summed E-state index contributed by atoms with van der Waals surface area (Å²) in [5.74, 6) is 0.813. The van der Waals surface area contributed by atoms with Gasteiger partial charge in [0.2, 0.25) is 0 Å². The van der Waals surface area contributed by atoms with Crippen LogP contribution in [0.15, 0.2) is 16.6 Å². The van der Waals surface area contributed by atoms with E-state index in [1.165, 1.54) is 12.8 Å². The van der Waals surface area contributed by atoms with Crippen LogP contribution in [0.1, 0.15) is 24.1 Å². The lowest BCUT2D eigenvalue weighted by Gasteiger charge is -2.07. The number of ether oxygens (including phenoxy) is 1. The topological polar surface area (TPSA) is 50.0 Å². The molecule has 5 heteroatoms. The number of halogens is 1. The number of rotatable bonds is 4. The highest BCUT2D eigenvalue weighted by Crippen LogP contribution is 2.37. The largest absolute Gasteiger partial charge is 0.496 e. The van der Waals surface area contributed by atoms with Crippen molar-refractivity contribution in [2.75, 3.05) is 7.11 Å². The Morgan fingerprint density at radius 3 is 2.85 bits per heavy atom. The summed E-state index contributed by atoms with van der Waals surface area (Å²) in [6.07, 6.45) is 2.46. The summed E-state index contributed by atoms with van der Waals surface area (Å²) < 4.78 is 8.40. The van der Waals surface area contributed by atoms with E-state index in [-0.39, 0.29) is 0 Å². The van der Waals surface area contributed by atoms with Crippen LogP contribution in [0.5, 0.6) is 5.75 Å². The van der Waals surface area contributed by atoms with Gasteiger partial charge in [0.25, 0.3) is 0 Å². The van der Waals surface area contributed by atoms with Crippen LogP contribution in [0.4, 0.5) is 0 Å². The second-order valence-electron chi connectivity index (χ2n) is 5.13. The predicted octanol–water partition coefficient (Wildman–Crippen LogP) is 3.07. The van der Waals surface area contributed by atoms with Gasteiger partial charge < -0.3 is 14.6 Å². The molecule has 0 saturated heterocycles. The number of methoxy groups -OCH3 is 1. The Hall–Kier alpha value is -1.51. The molecule has 1 N–H and O–H groups in total. The van der Waals surface area contributed by atoms with Gasteiger partial charge in [-0.05, 0) is 40.9 Å². The molecule has 1 saturated carbocycles. The van der Waals surface area contributed by atoms with Crippen LogP contribution < -0.4 is 10.1 Å². The zero-order valence-corrected chi connectivity index (χ0v) is 13.1. The molecule has 0 spiro atoms. The van der Waals surface area contributed by atoms with Crippen LogP contribution >= 0.6 is 15.9 Å². The molecule has 3 rings (SSSR count). The molecule has 1 fully saturated rings. The highest BCUT2D eigenvalue weighted by molar-refractivity contribution is 9.10. The SMILES string of the molecule is COc1ccc(Br)c2c1c(CNC1CC1)c(C#N)n2C. The molecule has 1 heterocycles. The van der Waals surface area contributed by atoms with Crippen LogP contribution in [0.2, 0.25) is 0 Å². The number of aromatic nitrogens is 1. The van der Waals surface area contributed by atoms with Crippen molar-refractivity contribution in [3.8, 4) is 11.8 Å². The molecule has 0 bridgehead atoms. The number of hydrogen-bond acceptors (Lipinski definition) is 3. The molecule has 2 aromatic rings. The summed E-state index contributed by atoms with van der Waals surface area (Å²) in [6.45, 7) is 0.706. The Morgan fingerprint density at radius 2 is 2.25 bits per heavy atom. The van der Waals surface area contributed by atoms with Gasteiger partial charge in [-0.15, -0.1) is 0 Å². The maximum atomic E-state index is 9.48. The van der Waals surface area contributed by atoms with E-state index in [0.29, 0.717) is 18.3 Å². The number of nitrogens with zero attached hydrogens (tertiary/aromatic N) is 2. The molecule has 0 amide bonds. The van der Waals surface area contributed by atoms with Crippen molar-refractivity contribution in [1.29, 1.82) is 5.26 Å². The molecule has 0 unspecified atom stereocenters. The van der Waals surface area contributed by atoms with Crippen molar-refractivity contribution < 1.29 is 4.74 Å². The van der Waals surface area contributed by atoms with Crippen molar-refractivity contribution in [2.45, 2.75) is 25.4 Å². The number of benzene rings is 1. The molecular weight excluding hydrogens is 318 g/mol. The van der Waals surface area contributed by atoms with E-state index in [2.05, 4.69) is 27.3 Å². The minimum absolute atomic E-state index is 0.606. The van der Waals surface area contributed by atoms with E-state index in [1.807, 2.05) is 23.7 Å². The summed E-state index contributed by atoms with van der Waals surface area (Å²) in [5, 5.41) is 14.0. The zero-order valence-electron chi connectivity index (χ0n) is 11.5. The minimum atomic E-state index is 0.606. The Morgan fingerprint density at radius 1 is 1.50 bits per heavy atom. The number of aryl methyl sites for hydroxylation is 1. The van der Waals surface area contributed by atoms with Gasteiger partial charge >= 0.3 is 0 Å². The van der Waals surface area contributed by atoms with Crippen LogP contribution in [-0.4, -0.2) is 17.7 Å². The third-order valence-corrected chi connectivity index (χ3v) is 4.46. The first-order chi connectivity index (χ1) is 9.67. The van der Waals surface area contributed by atoms with Crippen LogP contribution in [-0.2, 0) is 13.6 Å². The molecule has 1 aromatic carbocycles. The Bertz CT molecular complexity index is 710. The Balaban J connectivity index is 2.23. The molecule has 0 aliphatic heterocycles. The van der Waals surface area contributed by atoms with E-state index < -0.39 is 0 Å². The first-order valence-electron chi connectivity index (χ1n) is 6.64. The van der Waals surface area contributed by atoms with Crippen molar-refractivity contribution in [3.63, 3.8) is 0 Å². The van der Waals surface area contributed by atoms with Crippen molar-refractivity contribution >= 4 is 26.8 Å². The fourth-order valence-corrected chi connectivity index (χ4v) is 3.21. The average Bonchev–Trinajstić information content (AvgIpc) is 3.22. The molecule has 104 valence electrons. The summed E-state index contributed by atoms with van der Waals surface area (Å²) in [6, 6.07) is 6.83. The summed E-state index contributed by atoms with van der Waals surface area (Å²) in [5.41, 5.74) is 2.72. The van der Waals surface area contributed by atoms with Crippen molar-refractivity contribution in [3.05, 3.63) is 27.9 Å². The summed E-state index contributed by atoms with van der Waals surface area (Å²) >= 11 is 3.57. The molecular formula is C15H16BrN3O. The van der Waals surface area contributed by atoms with Crippen molar-refractivity contribution in [1.82, 2.24) is 9.88 Å². The number of hydrogen-bond donors (Lipinski definition) is 1. The monoisotopic (exact) mass is 333 g/mol. The summed E-state index contributed by atoms with van der Waals surface area (Å²) in [4.78, 5) is 0. The second-order valence-corrected chi connectivity index (χ2v) is 5.98. The van der Waals surface area contributed by atoms with E-state index in [4.69, 9.17) is 4.74 Å². The highest BCUT2D eigenvalue weighted by atomic mass is 79.9. The smallest absolute Gasteiger partial charge is 0.128 e. The molecule has 1 aliphatic carbocycles. The summed E-state index contributed by atoms with van der Waals surface area (Å²) in [7, 11) is 3.59. The first kappa shape index (κ1) is 13.5. The fraction of sp³-hybridized carbons (Fsp3) is 0.400. The van der Waals surface area contributed by atoms with Crippen LogP contribution in [0, 0.1) is 11.3 Å². The second kappa shape index (κ2) is 5.12. The lowest BCUT2D eigenvalue weighted by Crippen LogP contribution is -2.16. The van der Waals surface area contributed by atoms with Crippen molar-refractivity contribution in [2.24, 2.45) is 7.05 Å². The standard InChI is InChI=1S/C15H16BrN3O/c1-19-12(7-17)10(8-18-9-3-4-9)14-13(20-2)6-5-11(16)15(14)19/h5-6,9,18H,3-4,8H2,1-2H3. The Kier molecular flexibility index (Phi) is 3.45. The molecule has 0 atom stereocenters. The molecule has 0 radical (unpaired) electrons. The van der Waals surface area contributed by atoms with E-state index >= 15 is 0 Å². The Labute approximate surface area is 126 Å². The third-order valence-electron chi connectivity index (χ3n) is 3.82. The minimum Gasteiger partial charge on any atom is -0.496 e. The molecule has 4 nitrogen and oxygen atoms in total. The van der Waals surface area contributed by atoms with E-state index in [1.54, 1.807) is 7.11 Å². The van der Waals surface area contributed by atoms with E-state index in [0.717, 1.165) is 26.7 Å². The lowest BCUT2D eigenvalue weighted by atomic mass is 10.1. The normalized spacial score (nSPS) is 14.5. The maximum Gasteiger partial charge on any atom is 0.128 e. The van der Waals surface area contributed by atoms with Gasteiger partial charge in [0, 0.05) is 35.1 Å². The zero-order chi connectivity index (χ0) is 14.3. The third kappa shape index (κ3) is 2.09. The van der Waals surface area contributed by atoms with Gasteiger partial charge in [0.1, 0.15) is 17.5 Å². The van der Waals surface area contributed by atoms with Crippen LogP contribution in [0.25, 0.3) is 10.9 Å². The lowest BCUT2D eigenvalue weighted by molar-refractivity contribution is 0.419. The van der Waals surface area contributed by atoms with Crippen LogP contribution in [0.3, 0.4) is 0 Å². The maximum absolute atomic E-state index is 9.48. The first-order valence-corrected chi connectivity index (χ1v) is 7.44. The number of nitriles is 1. The quantitative estimate of drug-likeness (QED) is 0.935. The number of nitrogens with one attached hydrogen (secondary N) is 1. The van der Waals surface area contributed by atoms with Gasteiger partial charge in [0.15, 0.2) is 0 Å². The molecule has 1 aliphatic rings. The fourth-order valence-electron chi connectivity index (χ4n) is 2.62. The predicted molar refractivity (Wildman–Crippen MR) is 81.7 cm³/mol. The van der Waals surface area contributed by atoms with Gasteiger partial charge in [-0.1, -0.05) is 0 Å². The van der Waals surface area contributed by atoms with E-state index in [9.17, 15) is 5.26 Å². The molecule has 20 heavy (non-hydrogen) atoms. The average molecular weight is 334 g/mol.